The van der Waals surface area contributed by atoms with Crippen molar-refractivity contribution in [3.8, 4) is 5.75 Å². The van der Waals surface area contributed by atoms with Gasteiger partial charge in [-0.05, 0) is 42.3 Å². The Labute approximate surface area is 121 Å². The smallest absolute Gasteiger partial charge is 0.159 e. The molecule has 0 saturated heterocycles. The molecule has 2 rings (SSSR count). The summed E-state index contributed by atoms with van der Waals surface area (Å²) in [7, 11) is 0. The van der Waals surface area contributed by atoms with Gasteiger partial charge in [-0.25, -0.2) is 8.78 Å². The summed E-state index contributed by atoms with van der Waals surface area (Å²) < 4.78 is 31.5. The zero-order chi connectivity index (χ0) is 14.7. The number of hydrogen-bond acceptors (Lipinski definition) is 2. The van der Waals surface area contributed by atoms with Gasteiger partial charge in [0.15, 0.2) is 11.6 Å². The first-order valence-corrected chi connectivity index (χ1v) is 6.44. The Balaban J connectivity index is 2.04. The minimum atomic E-state index is -0.925. The number of halogens is 3. The van der Waals surface area contributed by atoms with Gasteiger partial charge in [-0.1, -0.05) is 23.7 Å². The number of rotatable bonds is 4. The predicted octanol–water partition coefficient (Wildman–Crippen LogP) is 4.01. The third kappa shape index (κ3) is 3.46. The molecule has 2 N–H and O–H groups in total. The largest absolute Gasteiger partial charge is 0.490 e. The van der Waals surface area contributed by atoms with Gasteiger partial charge in [-0.2, -0.15) is 0 Å². The van der Waals surface area contributed by atoms with Crippen molar-refractivity contribution in [1.29, 1.82) is 0 Å². The lowest BCUT2D eigenvalue weighted by molar-refractivity contribution is 0.290. The molecule has 0 aromatic heterocycles. The summed E-state index contributed by atoms with van der Waals surface area (Å²) in [5.41, 5.74) is 7.37. The second-order valence-corrected chi connectivity index (χ2v) is 4.93. The molecular weight excluding hydrogens is 284 g/mol. The van der Waals surface area contributed by atoms with Crippen LogP contribution in [0.3, 0.4) is 0 Å². The maximum Gasteiger partial charge on any atom is 0.159 e. The Morgan fingerprint density at radius 3 is 2.55 bits per heavy atom. The summed E-state index contributed by atoms with van der Waals surface area (Å²) in [5.74, 6) is -1.31. The third-order valence-corrected chi connectivity index (χ3v) is 3.17. The highest BCUT2D eigenvalue weighted by molar-refractivity contribution is 6.32. The highest BCUT2D eigenvalue weighted by Gasteiger charge is 2.11. The molecule has 0 aliphatic heterocycles. The van der Waals surface area contributed by atoms with Crippen molar-refractivity contribution < 1.29 is 13.5 Å². The highest BCUT2D eigenvalue weighted by Crippen LogP contribution is 2.26. The van der Waals surface area contributed by atoms with E-state index in [-0.39, 0.29) is 6.61 Å². The minimum absolute atomic E-state index is 0.119. The predicted molar refractivity (Wildman–Crippen MR) is 75.0 cm³/mol. The van der Waals surface area contributed by atoms with Gasteiger partial charge < -0.3 is 10.5 Å². The first-order valence-electron chi connectivity index (χ1n) is 6.07. The van der Waals surface area contributed by atoms with Crippen LogP contribution in [-0.4, -0.2) is 6.61 Å². The fourth-order valence-corrected chi connectivity index (χ4v) is 2.03. The summed E-state index contributed by atoms with van der Waals surface area (Å²) in [6.07, 6.45) is 0. The van der Waals surface area contributed by atoms with E-state index in [1.807, 2.05) is 13.0 Å². The van der Waals surface area contributed by atoms with Gasteiger partial charge in [-0.15, -0.1) is 0 Å². The Hall–Kier alpha value is -1.65. The molecule has 0 radical (unpaired) electrons. The highest BCUT2D eigenvalue weighted by atomic mass is 35.5. The molecule has 2 aromatic carbocycles. The first-order chi connectivity index (χ1) is 9.47. The van der Waals surface area contributed by atoms with Crippen LogP contribution in [0.5, 0.6) is 5.75 Å². The maximum atomic E-state index is 13.1. The van der Waals surface area contributed by atoms with Gasteiger partial charge in [0.25, 0.3) is 0 Å². The van der Waals surface area contributed by atoms with Crippen LogP contribution in [0.1, 0.15) is 17.2 Å². The van der Waals surface area contributed by atoms with Crippen molar-refractivity contribution in [3.05, 3.63) is 64.2 Å². The molecule has 5 heteroatoms. The topological polar surface area (TPSA) is 35.2 Å². The van der Waals surface area contributed by atoms with E-state index < -0.39 is 17.7 Å². The fraction of sp³-hybridized carbons (Fsp3) is 0.200. The van der Waals surface area contributed by atoms with Crippen molar-refractivity contribution in [2.45, 2.75) is 13.0 Å². The van der Waals surface area contributed by atoms with E-state index >= 15 is 0 Å². The molecule has 0 aliphatic carbocycles. The molecule has 0 fully saturated rings. The lowest BCUT2D eigenvalue weighted by atomic mass is 10.1. The number of aryl methyl sites for hydroxylation is 1. The zero-order valence-electron chi connectivity index (χ0n) is 10.9. The van der Waals surface area contributed by atoms with Crippen LogP contribution in [-0.2, 0) is 0 Å². The number of ether oxygens (including phenoxy) is 1. The van der Waals surface area contributed by atoms with E-state index in [1.165, 1.54) is 6.07 Å². The van der Waals surface area contributed by atoms with Crippen LogP contribution in [0.2, 0.25) is 5.02 Å². The van der Waals surface area contributed by atoms with Gasteiger partial charge in [0.2, 0.25) is 0 Å². The molecule has 0 bridgehead atoms. The molecule has 106 valence electrons. The third-order valence-electron chi connectivity index (χ3n) is 2.88. The first kappa shape index (κ1) is 14.8. The van der Waals surface area contributed by atoms with E-state index in [2.05, 4.69) is 0 Å². The molecule has 0 heterocycles. The Bertz CT molecular complexity index is 619. The van der Waals surface area contributed by atoms with Crippen molar-refractivity contribution in [1.82, 2.24) is 0 Å². The number of hydrogen-bond donors (Lipinski definition) is 1. The molecule has 20 heavy (non-hydrogen) atoms. The van der Waals surface area contributed by atoms with Crippen LogP contribution < -0.4 is 10.5 Å². The molecule has 1 atom stereocenters. The summed E-state index contributed by atoms with van der Waals surface area (Å²) >= 11 is 6.03. The fourth-order valence-electron chi connectivity index (χ4n) is 1.74. The van der Waals surface area contributed by atoms with Gasteiger partial charge in [-0.3, -0.25) is 0 Å². The molecule has 0 saturated carbocycles. The van der Waals surface area contributed by atoms with E-state index in [0.717, 1.165) is 17.7 Å². The average molecular weight is 298 g/mol. The van der Waals surface area contributed by atoms with Crippen LogP contribution in [0.4, 0.5) is 8.78 Å². The molecule has 0 spiro atoms. The summed E-state index contributed by atoms with van der Waals surface area (Å²) in [6, 6.07) is 8.37. The quantitative estimate of drug-likeness (QED) is 0.925. The number of benzene rings is 2. The van der Waals surface area contributed by atoms with Crippen LogP contribution in [0, 0.1) is 18.6 Å². The monoisotopic (exact) mass is 297 g/mol. The Kier molecular flexibility index (Phi) is 4.57. The second kappa shape index (κ2) is 6.20. The molecule has 2 aromatic rings. The Morgan fingerprint density at radius 2 is 1.90 bits per heavy atom. The van der Waals surface area contributed by atoms with E-state index in [9.17, 15) is 8.78 Å². The van der Waals surface area contributed by atoms with Crippen molar-refractivity contribution in [2.24, 2.45) is 5.73 Å². The van der Waals surface area contributed by atoms with E-state index in [4.69, 9.17) is 22.1 Å². The van der Waals surface area contributed by atoms with Gasteiger partial charge in [0.05, 0.1) is 11.1 Å². The zero-order valence-corrected chi connectivity index (χ0v) is 11.6. The van der Waals surface area contributed by atoms with Crippen LogP contribution >= 0.6 is 11.6 Å². The second-order valence-electron chi connectivity index (χ2n) is 4.52. The van der Waals surface area contributed by atoms with Crippen molar-refractivity contribution in [3.63, 3.8) is 0 Å². The van der Waals surface area contributed by atoms with Gasteiger partial charge in [0, 0.05) is 0 Å². The average Bonchev–Trinajstić information content (AvgIpc) is 2.40. The van der Waals surface area contributed by atoms with E-state index in [1.54, 1.807) is 12.1 Å². The standard InChI is InChI=1S/C15H14ClF2NO/c1-9-2-5-15(11(16)6-9)20-8-14(19)10-3-4-12(17)13(18)7-10/h2-7,14H,8,19H2,1H3. The van der Waals surface area contributed by atoms with Crippen molar-refractivity contribution >= 4 is 11.6 Å². The summed E-state index contributed by atoms with van der Waals surface area (Å²) in [6.45, 7) is 2.04. The number of nitrogens with two attached hydrogens (primary N) is 1. The molecule has 2 nitrogen and oxygen atoms in total. The molecule has 1 unspecified atom stereocenters. The molecule has 0 aliphatic rings. The van der Waals surface area contributed by atoms with Crippen LogP contribution in [0.15, 0.2) is 36.4 Å². The SMILES string of the molecule is Cc1ccc(OCC(N)c2ccc(F)c(F)c2)c(Cl)c1. The molecular formula is C15H14ClF2NO. The maximum absolute atomic E-state index is 13.1. The summed E-state index contributed by atoms with van der Waals surface area (Å²) in [4.78, 5) is 0. The van der Waals surface area contributed by atoms with Crippen molar-refractivity contribution in [2.75, 3.05) is 6.61 Å². The Morgan fingerprint density at radius 1 is 1.15 bits per heavy atom. The minimum Gasteiger partial charge on any atom is -0.490 e. The van der Waals surface area contributed by atoms with Gasteiger partial charge in [0.1, 0.15) is 12.4 Å². The van der Waals surface area contributed by atoms with Gasteiger partial charge >= 0.3 is 0 Å². The molecule has 0 amide bonds. The lowest BCUT2D eigenvalue weighted by Crippen LogP contribution is -2.19. The summed E-state index contributed by atoms with van der Waals surface area (Å²) in [5, 5.41) is 0.488. The van der Waals surface area contributed by atoms with Crippen LogP contribution in [0.25, 0.3) is 0 Å². The lowest BCUT2D eigenvalue weighted by Gasteiger charge is -2.15. The normalized spacial score (nSPS) is 12.2. The van der Waals surface area contributed by atoms with E-state index in [0.29, 0.717) is 16.3 Å².